The molecule has 0 aliphatic heterocycles. The molecular weight excluding hydrogens is 413 g/mol. The summed E-state index contributed by atoms with van der Waals surface area (Å²) in [5.74, 6) is 0.872. The molecule has 2 aromatic carbocycles. The number of carbonyl (C=O) groups is 1. The summed E-state index contributed by atoms with van der Waals surface area (Å²) >= 11 is 0. The van der Waals surface area contributed by atoms with Crippen LogP contribution in [0.3, 0.4) is 0 Å². The number of ether oxygens (including phenoxy) is 1. The zero-order chi connectivity index (χ0) is 22.2. The topological polar surface area (TPSA) is 93.0 Å². The van der Waals surface area contributed by atoms with Crippen molar-refractivity contribution in [3.63, 3.8) is 0 Å². The minimum atomic E-state index is -4.46. The zero-order valence-electron chi connectivity index (χ0n) is 16.5. The van der Waals surface area contributed by atoms with Crippen molar-refractivity contribution in [3.8, 4) is 5.75 Å². The first-order chi connectivity index (χ1) is 14.7. The van der Waals surface area contributed by atoms with Crippen LogP contribution in [0, 0.1) is 13.8 Å². The molecule has 4 rings (SSSR count). The van der Waals surface area contributed by atoms with Gasteiger partial charge in [-0.2, -0.15) is 18.3 Å². The van der Waals surface area contributed by atoms with Crippen molar-refractivity contribution in [1.29, 1.82) is 0 Å². The van der Waals surface area contributed by atoms with Crippen LogP contribution in [0.15, 0.2) is 47.0 Å². The molecule has 0 saturated carbocycles. The quantitative estimate of drug-likeness (QED) is 0.464. The lowest BCUT2D eigenvalue weighted by molar-refractivity contribution is -0.137. The van der Waals surface area contributed by atoms with Crippen molar-refractivity contribution in [2.45, 2.75) is 26.6 Å². The van der Waals surface area contributed by atoms with E-state index >= 15 is 0 Å². The molecule has 0 unspecified atom stereocenters. The second-order valence-corrected chi connectivity index (χ2v) is 6.90. The lowest BCUT2D eigenvalue weighted by atomic mass is 10.1. The minimum absolute atomic E-state index is 0.0787. The van der Waals surface area contributed by atoms with Gasteiger partial charge in [-0.05, 0) is 56.3 Å². The summed E-state index contributed by atoms with van der Waals surface area (Å²) in [4.78, 5) is 12.5. The molecule has 10 heteroatoms. The molecule has 1 amide bonds. The molecule has 7 nitrogen and oxygen atoms in total. The van der Waals surface area contributed by atoms with E-state index in [4.69, 9.17) is 9.26 Å². The van der Waals surface area contributed by atoms with E-state index in [2.05, 4.69) is 20.7 Å². The fourth-order valence-corrected chi connectivity index (χ4v) is 3.03. The third-order valence-corrected chi connectivity index (χ3v) is 4.81. The molecule has 0 saturated heterocycles. The van der Waals surface area contributed by atoms with E-state index in [1.165, 1.54) is 0 Å². The van der Waals surface area contributed by atoms with Crippen LogP contribution in [0.5, 0.6) is 5.75 Å². The molecule has 0 bridgehead atoms. The van der Waals surface area contributed by atoms with Crippen LogP contribution in [-0.2, 0) is 12.8 Å². The Bertz CT molecular complexity index is 1220. The normalized spacial score (nSPS) is 11.6. The van der Waals surface area contributed by atoms with E-state index in [-0.39, 0.29) is 18.0 Å². The first-order valence-corrected chi connectivity index (χ1v) is 9.23. The second kappa shape index (κ2) is 7.78. The number of hydrogen-bond donors (Lipinski definition) is 2. The molecule has 0 aliphatic rings. The standard InChI is InChI=1S/C21H17F3N4O3/c1-11-17(12(2)31-28-11)10-30-15-7-8-18-16(9-15)19(27-26-18)25-20(29)13-3-5-14(6-4-13)21(22,23)24/h3-9H,10H2,1-2H3,(H2,25,26,27,29). The highest BCUT2D eigenvalue weighted by molar-refractivity contribution is 6.08. The Morgan fingerprint density at radius 3 is 2.55 bits per heavy atom. The van der Waals surface area contributed by atoms with Crippen molar-refractivity contribution in [1.82, 2.24) is 15.4 Å². The molecule has 0 radical (unpaired) electrons. The summed E-state index contributed by atoms with van der Waals surface area (Å²) in [6, 6.07) is 9.16. The third-order valence-electron chi connectivity index (χ3n) is 4.81. The number of hydrogen-bond acceptors (Lipinski definition) is 5. The number of rotatable bonds is 5. The summed E-state index contributed by atoms with van der Waals surface area (Å²) in [5, 5.41) is 14.0. The number of fused-ring (bicyclic) bond motifs is 1. The number of benzene rings is 2. The molecule has 0 spiro atoms. The highest BCUT2D eigenvalue weighted by atomic mass is 19.4. The summed E-state index contributed by atoms with van der Waals surface area (Å²) < 4.78 is 49.0. The number of nitrogens with zero attached hydrogens (tertiary/aromatic N) is 2. The van der Waals surface area contributed by atoms with Crippen LogP contribution in [0.4, 0.5) is 19.0 Å². The zero-order valence-corrected chi connectivity index (χ0v) is 16.5. The number of aromatic amines is 1. The highest BCUT2D eigenvalue weighted by Crippen LogP contribution is 2.30. The Balaban J connectivity index is 1.51. The summed E-state index contributed by atoms with van der Waals surface area (Å²) in [6.07, 6.45) is -4.46. The number of nitrogens with one attached hydrogen (secondary N) is 2. The Kier molecular flexibility index (Phi) is 5.14. The van der Waals surface area contributed by atoms with E-state index in [0.29, 0.717) is 22.4 Å². The Morgan fingerprint density at radius 1 is 1.16 bits per heavy atom. The van der Waals surface area contributed by atoms with E-state index in [0.717, 1.165) is 35.5 Å². The largest absolute Gasteiger partial charge is 0.489 e. The molecule has 0 atom stereocenters. The molecule has 2 heterocycles. The van der Waals surface area contributed by atoms with Gasteiger partial charge in [-0.25, -0.2) is 0 Å². The molecule has 0 aliphatic carbocycles. The van der Waals surface area contributed by atoms with Gasteiger partial charge in [0.1, 0.15) is 18.1 Å². The Hall–Kier alpha value is -3.82. The average Bonchev–Trinajstić information content (AvgIpc) is 3.28. The Morgan fingerprint density at radius 2 is 1.90 bits per heavy atom. The molecule has 2 N–H and O–H groups in total. The number of carbonyl (C=O) groups excluding carboxylic acids is 1. The first-order valence-electron chi connectivity index (χ1n) is 9.23. The third kappa shape index (κ3) is 4.23. The molecule has 31 heavy (non-hydrogen) atoms. The van der Waals surface area contributed by atoms with Crippen LogP contribution >= 0.6 is 0 Å². The number of amides is 1. The van der Waals surface area contributed by atoms with Gasteiger partial charge in [0, 0.05) is 10.9 Å². The van der Waals surface area contributed by atoms with Gasteiger partial charge in [-0.3, -0.25) is 9.89 Å². The second-order valence-electron chi connectivity index (χ2n) is 6.90. The molecule has 160 valence electrons. The van der Waals surface area contributed by atoms with Crippen LogP contribution in [0.1, 0.15) is 32.9 Å². The van der Waals surface area contributed by atoms with E-state index in [1.807, 2.05) is 6.92 Å². The van der Waals surface area contributed by atoms with Crippen LogP contribution in [0.2, 0.25) is 0 Å². The average molecular weight is 430 g/mol. The number of aryl methyl sites for hydroxylation is 2. The number of aromatic nitrogens is 3. The minimum Gasteiger partial charge on any atom is -0.489 e. The monoisotopic (exact) mass is 430 g/mol. The van der Waals surface area contributed by atoms with Gasteiger partial charge in [-0.1, -0.05) is 5.16 Å². The van der Waals surface area contributed by atoms with Gasteiger partial charge in [0.15, 0.2) is 5.82 Å². The van der Waals surface area contributed by atoms with Gasteiger partial charge in [0.25, 0.3) is 5.91 Å². The molecular formula is C21H17F3N4O3. The number of H-pyrrole nitrogens is 1. The van der Waals surface area contributed by atoms with Gasteiger partial charge in [0.2, 0.25) is 0 Å². The van der Waals surface area contributed by atoms with Crippen LogP contribution in [-0.4, -0.2) is 21.3 Å². The van der Waals surface area contributed by atoms with Crippen LogP contribution < -0.4 is 10.1 Å². The van der Waals surface area contributed by atoms with Gasteiger partial charge < -0.3 is 14.6 Å². The highest BCUT2D eigenvalue weighted by Gasteiger charge is 2.30. The molecule has 2 aromatic heterocycles. The van der Waals surface area contributed by atoms with E-state index in [9.17, 15) is 18.0 Å². The molecule has 0 fully saturated rings. The fourth-order valence-electron chi connectivity index (χ4n) is 3.03. The molecule has 4 aromatic rings. The summed E-state index contributed by atoms with van der Waals surface area (Å²) in [7, 11) is 0. The maximum atomic E-state index is 12.7. The first kappa shape index (κ1) is 20.5. The summed E-state index contributed by atoms with van der Waals surface area (Å²) in [6.45, 7) is 3.88. The van der Waals surface area contributed by atoms with Crippen LogP contribution in [0.25, 0.3) is 10.9 Å². The van der Waals surface area contributed by atoms with E-state index < -0.39 is 17.6 Å². The number of anilines is 1. The smallest absolute Gasteiger partial charge is 0.416 e. The van der Waals surface area contributed by atoms with Crippen molar-refractivity contribution in [2.24, 2.45) is 0 Å². The SMILES string of the molecule is Cc1noc(C)c1COc1ccc2[nH]nc(NC(=O)c3ccc(C(F)(F)F)cc3)c2c1. The lowest BCUT2D eigenvalue weighted by Gasteiger charge is -2.08. The van der Waals surface area contributed by atoms with E-state index in [1.54, 1.807) is 25.1 Å². The maximum Gasteiger partial charge on any atom is 0.416 e. The lowest BCUT2D eigenvalue weighted by Crippen LogP contribution is -2.13. The van der Waals surface area contributed by atoms with Crippen molar-refractivity contribution < 1.29 is 27.2 Å². The van der Waals surface area contributed by atoms with Gasteiger partial charge >= 0.3 is 6.18 Å². The number of alkyl halides is 3. The van der Waals surface area contributed by atoms with Gasteiger partial charge in [0.05, 0.1) is 22.3 Å². The Labute approximate surface area is 174 Å². The van der Waals surface area contributed by atoms with Crippen molar-refractivity contribution >= 4 is 22.6 Å². The maximum absolute atomic E-state index is 12.7. The van der Waals surface area contributed by atoms with Crippen molar-refractivity contribution in [3.05, 3.63) is 70.6 Å². The van der Waals surface area contributed by atoms with Crippen molar-refractivity contribution in [2.75, 3.05) is 5.32 Å². The van der Waals surface area contributed by atoms with Gasteiger partial charge in [-0.15, -0.1) is 0 Å². The number of halogens is 3. The summed E-state index contributed by atoms with van der Waals surface area (Å²) in [5.41, 5.74) is 1.51. The fraction of sp³-hybridized carbons (Fsp3) is 0.190. The predicted molar refractivity (Wildman–Crippen MR) is 106 cm³/mol. The predicted octanol–water partition coefficient (Wildman–Crippen LogP) is 5.02.